The molecule has 2 fully saturated rings. The highest BCUT2D eigenvalue weighted by Crippen LogP contribution is 2.29. The van der Waals surface area contributed by atoms with Crippen LogP contribution >= 0.6 is 0 Å². The van der Waals surface area contributed by atoms with E-state index in [0.717, 1.165) is 47.0 Å². The van der Waals surface area contributed by atoms with E-state index in [2.05, 4.69) is 64.1 Å². The minimum Gasteiger partial charge on any atom is -0.490 e. The molecule has 0 aliphatic carbocycles. The van der Waals surface area contributed by atoms with E-state index in [9.17, 15) is 0 Å². The number of aryl methyl sites for hydroxylation is 4. The Morgan fingerprint density at radius 2 is 1.04 bits per heavy atom. The SMILES string of the molecule is Cc1cc(/C=C/c2cc(C)c(OCC3CO3)c(C)c2)cc(C)c1OCC1CO1. The predicted molar refractivity (Wildman–Crippen MR) is 111 cm³/mol. The highest BCUT2D eigenvalue weighted by molar-refractivity contribution is 5.72. The Hall–Kier alpha value is -2.30. The minimum atomic E-state index is 0.272. The van der Waals surface area contributed by atoms with Crippen LogP contribution in [-0.2, 0) is 9.47 Å². The third kappa shape index (κ3) is 4.75. The molecule has 4 nitrogen and oxygen atoms in total. The minimum absolute atomic E-state index is 0.272. The number of hydrogen-bond acceptors (Lipinski definition) is 4. The van der Waals surface area contributed by atoms with Crippen LogP contribution in [0.25, 0.3) is 12.2 Å². The van der Waals surface area contributed by atoms with E-state index in [0.29, 0.717) is 13.2 Å². The van der Waals surface area contributed by atoms with Gasteiger partial charge in [0.1, 0.15) is 36.9 Å². The maximum absolute atomic E-state index is 5.93. The molecule has 0 aromatic heterocycles. The third-order valence-electron chi connectivity index (χ3n) is 5.07. The van der Waals surface area contributed by atoms with Crippen LogP contribution in [0.3, 0.4) is 0 Å². The Labute approximate surface area is 167 Å². The van der Waals surface area contributed by atoms with E-state index in [1.165, 1.54) is 11.1 Å². The smallest absolute Gasteiger partial charge is 0.125 e. The third-order valence-corrected chi connectivity index (χ3v) is 5.07. The number of benzene rings is 2. The number of epoxide rings is 2. The van der Waals surface area contributed by atoms with Crippen LogP contribution in [0.4, 0.5) is 0 Å². The Morgan fingerprint density at radius 3 is 1.32 bits per heavy atom. The van der Waals surface area contributed by atoms with Crippen LogP contribution in [0.15, 0.2) is 24.3 Å². The van der Waals surface area contributed by atoms with Crippen LogP contribution < -0.4 is 9.47 Å². The average molecular weight is 380 g/mol. The van der Waals surface area contributed by atoms with Gasteiger partial charge in [-0.05, 0) is 85.3 Å². The van der Waals surface area contributed by atoms with Crippen LogP contribution in [0.1, 0.15) is 33.4 Å². The molecule has 2 aromatic rings. The average Bonchev–Trinajstić information content (AvgIpc) is 3.53. The van der Waals surface area contributed by atoms with Gasteiger partial charge in [0.25, 0.3) is 0 Å². The van der Waals surface area contributed by atoms with E-state index in [1.807, 2.05) is 0 Å². The molecule has 2 atom stereocenters. The van der Waals surface area contributed by atoms with E-state index in [4.69, 9.17) is 18.9 Å². The molecule has 4 heteroatoms. The van der Waals surface area contributed by atoms with E-state index in [-0.39, 0.29) is 12.2 Å². The lowest BCUT2D eigenvalue weighted by Crippen LogP contribution is -2.06. The number of hydrogen-bond donors (Lipinski definition) is 0. The van der Waals surface area contributed by atoms with Crippen molar-refractivity contribution < 1.29 is 18.9 Å². The monoisotopic (exact) mass is 380 g/mol. The molecule has 2 aliphatic heterocycles. The molecule has 2 unspecified atom stereocenters. The van der Waals surface area contributed by atoms with Gasteiger partial charge in [0.2, 0.25) is 0 Å². The van der Waals surface area contributed by atoms with Gasteiger partial charge >= 0.3 is 0 Å². The summed E-state index contributed by atoms with van der Waals surface area (Å²) in [4.78, 5) is 0. The lowest BCUT2D eigenvalue weighted by molar-refractivity contribution is 0.260. The number of rotatable bonds is 8. The largest absolute Gasteiger partial charge is 0.490 e. The molecule has 0 amide bonds. The fraction of sp³-hybridized carbons (Fsp3) is 0.417. The maximum atomic E-state index is 5.93. The van der Waals surface area contributed by atoms with Crippen molar-refractivity contribution >= 4 is 12.2 Å². The molecule has 2 aromatic carbocycles. The van der Waals surface area contributed by atoms with Crippen molar-refractivity contribution in [1.29, 1.82) is 0 Å². The second kappa shape index (κ2) is 7.98. The van der Waals surface area contributed by atoms with Crippen molar-refractivity contribution in [3.63, 3.8) is 0 Å². The summed E-state index contributed by atoms with van der Waals surface area (Å²) in [6.45, 7) is 11.3. The highest BCUT2D eigenvalue weighted by atomic mass is 16.6. The Kier molecular flexibility index (Phi) is 5.42. The Bertz CT molecular complexity index is 772. The highest BCUT2D eigenvalue weighted by Gasteiger charge is 2.24. The van der Waals surface area contributed by atoms with Gasteiger partial charge in [-0.15, -0.1) is 0 Å². The van der Waals surface area contributed by atoms with Crippen LogP contribution in [0, 0.1) is 27.7 Å². The second-order valence-electron chi connectivity index (χ2n) is 7.83. The molecule has 28 heavy (non-hydrogen) atoms. The molecule has 0 spiro atoms. The molecule has 0 saturated carbocycles. The molecule has 2 aliphatic rings. The first kappa shape index (κ1) is 19.0. The number of ether oxygens (including phenoxy) is 4. The summed E-state index contributed by atoms with van der Waals surface area (Å²) in [7, 11) is 0. The van der Waals surface area contributed by atoms with Crippen LogP contribution in [-0.4, -0.2) is 38.6 Å². The first-order valence-corrected chi connectivity index (χ1v) is 9.89. The van der Waals surface area contributed by atoms with Crippen molar-refractivity contribution in [2.75, 3.05) is 26.4 Å². The molecule has 0 N–H and O–H groups in total. The van der Waals surface area contributed by atoms with Crippen molar-refractivity contribution in [3.05, 3.63) is 57.6 Å². The summed E-state index contributed by atoms with van der Waals surface area (Å²) in [5.74, 6) is 1.95. The summed E-state index contributed by atoms with van der Waals surface area (Å²) < 4.78 is 22.3. The van der Waals surface area contributed by atoms with Gasteiger partial charge in [-0.1, -0.05) is 12.2 Å². The van der Waals surface area contributed by atoms with Crippen molar-refractivity contribution in [2.24, 2.45) is 0 Å². The fourth-order valence-corrected chi connectivity index (χ4v) is 3.49. The summed E-state index contributed by atoms with van der Waals surface area (Å²) >= 11 is 0. The van der Waals surface area contributed by atoms with Crippen molar-refractivity contribution in [3.8, 4) is 11.5 Å². The van der Waals surface area contributed by atoms with Gasteiger partial charge in [0.15, 0.2) is 0 Å². The fourth-order valence-electron chi connectivity index (χ4n) is 3.49. The molecule has 2 saturated heterocycles. The zero-order chi connectivity index (χ0) is 19.7. The first-order chi connectivity index (χ1) is 13.5. The van der Waals surface area contributed by atoms with Crippen LogP contribution in [0.5, 0.6) is 11.5 Å². The summed E-state index contributed by atoms with van der Waals surface area (Å²) in [5.41, 5.74) is 6.95. The molecular formula is C24H28O4. The topological polar surface area (TPSA) is 43.5 Å². The van der Waals surface area contributed by atoms with E-state index in [1.54, 1.807) is 0 Å². The van der Waals surface area contributed by atoms with Gasteiger partial charge in [0, 0.05) is 0 Å². The summed E-state index contributed by atoms with van der Waals surface area (Å²) in [6, 6.07) is 8.66. The quantitative estimate of drug-likeness (QED) is 0.494. The molecule has 4 rings (SSSR count). The lowest BCUT2D eigenvalue weighted by Gasteiger charge is -2.13. The van der Waals surface area contributed by atoms with Gasteiger partial charge < -0.3 is 18.9 Å². The second-order valence-corrected chi connectivity index (χ2v) is 7.83. The van der Waals surface area contributed by atoms with E-state index < -0.39 is 0 Å². The zero-order valence-corrected chi connectivity index (χ0v) is 17.1. The molecule has 0 bridgehead atoms. The van der Waals surface area contributed by atoms with Crippen LogP contribution in [0.2, 0.25) is 0 Å². The van der Waals surface area contributed by atoms with Gasteiger partial charge in [-0.2, -0.15) is 0 Å². The maximum Gasteiger partial charge on any atom is 0.125 e. The molecule has 148 valence electrons. The Balaban J connectivity index is 1.46. The van der Waals surface area contributed by atoms with Gasteiger partial charge in [-0.3, -0.25) is 0 Å². The van der Waals surface area contributed by atoms with E-state index >= 15 is 0 Å². The molecular weight excluding hydrogens is 352 g/mol. The summed E-state index contributed by atoms with van der Waals surface area (Å²) in [5, 5.41) is 0. The lowest BCUT2D eigenvalue weighted by atomic mass is 10.0. The van der Waals surface area contributed by atoms with Gasteiger partial charge in [0.05, 0.1) is 13.2 Å². The zero-order valence-electron chi connectivity index (χ0n) is 17.1. The summed E-state index contributed by atoms with van der Waals surface area (Å²) in [6.07, 6.45) is 4.85. The van der Waals surface area contributed by atoms with Crippen molar-refractivity contribution in [1.82, 2.24) is 0 Å². The predicted octanol–water partition coefficient (Wildman–Crippen LogP) is 4.65. The molecule has 0 radical (unpaired) electrons. The molecule has 2 heterocycles. The van der Waals surface area contributed by atoms with Crippen molar-refractivity contribution in [2.45, 2.75) is 39.9 Å². The van der Waals surface area contributed by atoms with Gasteiger partial charge in [-0.25, -0.2) is 0 Å². The normalized spacial score (nSPS) is 20.4. The Morgan fingerprint density at radius 1 is 0.714 bits per heavy atom. The first-order valence-electron chi connectivity index (χ1n) is 9.89. The standard InChI is InChI=1S/C24H28O4/c1-15-7-19(8-16(2)23(15)27-13-21-11-25-21)5-6-20-9-17(3)24(18(4)10-20)28-14-22-12-26-22/h5-10,21-22H,11-14H2,1-4H3/b6-5+.